The molecule has 12 nitrogen and oxygen atoms in total. The zero-order valence-electron chi connectivity index (χ0n) is 7.81. The van der Waals surface area contributed by atoms with Crippen LogP contribution in [0.2, 0.25) is 0 Å². The third-order valence-corrected chi connectivity index (χ3v) is 0. The average Bonchev–Trinajstić information content (AvgIpc) is 1.41. The first-order valence-electron chi connectivity index (χ1n) is 2.45. The molecular formula is O12Ru4Ti3. The summed E-state index contributed by atoms with van der Waals surface area (Å²) in [4.78, 5) is 0. The molecule has 0 N–H and O–H groups in total. The predicted molar refractivity (Wildman–Crippen MR) is 0 cm³/mol. The summed E-state index contributed by atoms with van der Waals surface area (Å²) >= 11 is -18.0. The Labute approximate surface area is 174 Å². The first kappa shape index (κ1) is 43.5. The van der Waals surface area contributed by atoms with Crippen molar-refractivity contribution in [2.75, 3.05) is 0 Å². The molecule has 0 rings (SSSR count). The van der Waals surface area contributed by atoms with Crippen molar-refractivity contribution in [3.05, 3.63) is 0 Å². The Morgan fingerprint density at radius 1 is 0.263 bits per heavy atom. The minimum Gasteiger partial charge on any atom is 3.00 e. The Balaban J connectivity index is -0.0000000206. The molecule has 0 aromatic heterocycles. The van der Waals surface area contributed by atoms with Crippen LogP contribution in [0.25, 0.3) is 0 Å². The zero-order valence-corrected chi connectivity index (χ0v) is 19.5. The van der Waals surface area contributed by atoms with Crippen LogP contribution in [0.3, 0.4) is 0 Å². The van der Waals surface area contributed by atoms with Crippen LogP contribution >= 0.6 is 0 Å². The fourth-order valence-corrected chi connectivity index (χ4v) is 0. The van der Waals surface area contributed by atoms with E-state index in [-0.39, 0.29) is 77.9 Å². The average molecular weight is 740 g/mol. The molecule has 19 heavy (non-hydrogen) atoms. The van der Waals surface area contributed by atoms with Gasteiger partial charge >= 0.3 is 177 Å². The molecular weight excluding hydrogens is 740 g/mol. The predicted octanol–water partition coefficient (Wildman–Crippen LogP) is -14.3. The molecule has 0 atom stereocenters. The van der Waals surface area contributed by atoms with Gasteiger partial charge in [0.2, 0.25) is 0 Å². The molecule has 0 aliphatic heterocycles. The van der Waals surface area contributed by atoms with E-state index in [4.69, 9.17) is 44.3 Å². The number of hydrogen-bond donors (Lipinski definition) is 0. The molecule has 0 unspecified atom stereocenters. The molecule has 0 saturated heterocycles. The third-order valence-electron chi connectivity index (χ3n) is 0. The van der Waals surface area contributed by atoms with Crippen molar-refractivity contribution in [2.24, 2.45) is 0 Å². The van der Waals surface area contributed by atoms with E-state index in [1.54, 1.807) is 0 Å². The quantitative estimate of drug-likeness (QED) is 0.210. The van der Waals surface area contributed by atoms with Crippen molar-refractivity contribution >= 4 is 0 Å². The van der Waals surface area contributed by atoms with E-state index in [9.17, 15) is 0 Å². The van der Waals surface area contributed by atoms with Gasteiger partial charge in [-0.1, -0.05) is 0 Å². The monoisotopic (exact) mass is 743 g/mol. The Morgan fingerprint density at radius 3 is 0.263 bits per heavy atom. The van der Waals surface area contributed by atoms with E-state index >= 15 is 0 Å². The molecule has 0 heterocycles. The molecule has 0 saturated carbocycles. The van der Waals surface area contributed by atoms with E-state index < -0.39 is 54.4 Å². The molecule has 0 fully saturated rings. The SMILES string of the molecule is [O-][Ti]([O-])([O-])[O-].[O-][Ti]([O-])([O-])[O-].[O-][Ti]([O-])([O-])[O-].[Ru+3].[Ru+3].[Ru+3].[Ru+3]. The van der Waals surface area contributed by atoms with E-state index in [1.165, 1.54) is 0 Å². The first-order valence-corrected chi connectivity index (χ1v) is 10.1. The van der Waals surface area contributed by atoms with Crippen molar-refractivity contribution in [2.45, 2.75) is 0 Å². The summed E-state index contributed by atoms with van der Waals surface area (Å²) in [6.45, 7) is 0. The second-order valence-electron chi connectivity index (χ2n) is 1.50. The van der Waals surface area contributed by atoms with Crippen molar-refractivity contribution in [1.29, 1.82) is 0 Å². The summed E-state index contributed by atoms with van der Waals surface area (Å²) in [6, 6.07) is 0. The molecule has 0 aromatic rings. The molecule has 0 amide bonds. The smallest absolute Gasteiger partial charge is 3.00 e. The van der Waals surface area contributed by atoms with Gasteiger partial charge in [-0.2, -0.15) is 0 Å². The summed E-state index contributed by atoms with van der Waals surface area (Å²) < 4.78 is 104. The largest absolute Gasteiger partial charge is 3.00 e. The van der Waals surface area contributed by atoms with Crippen LogP contribution in [0.1, 0.15) is 0 Å². The molecule has 0 spiro atoms. The van der Waals surface area contributed by atoms with Gasteiger partial charge in [0, 0.05) is 0 Å². The van der Waals surface area contributed by atoms with Crippen LogP contribution in [0, 0.1) is 0 Å². The fourth-order valence-electron chi connectivity index (χ4n) is 0. The minimum atomic E-state index is -6.00. The van der Waals surface area contributed by atoms with Crippen LogP contribution in [0.5, 0.6) is 0 Å². The Kier molecular flexibility index (Phi) is 46.3. The second kappa shape index (κ2) is 20.2. The van der Waals surface area contributed by atoms with Gasteiger partial charge in [-0.25, -0.2) is 0 Å². The van der Waals surface area contributed by atoms with E-state index in [2.05, 4.69) is 0 Å². The van der Waals surface area contributed by atoms with E-state index in [0.717, 1.165) is 0 Å². The van der Waals surface area contributed by atoms with E-state index in [0.29, 0.717) is 0 Å². The Morgan fingerprint density at radius 2 is 0.263 bits per heavy atom. The van der Waals surface area contributed by atoms with Gasteiger partial charge in [0.25, 0.3) is 0 Å². The summed E-state index contributed by atoms with van der Waals surface area (Å²) in [7, 11) is 0. The van der Waals surface area contributed by atoms with Gasteiger partial charge in [-0.3, -0.25) is 0 Å². The molecule has 0 bridgehead atoms. The van der Waals surface area contributed by atoms with Crippen LogP contribution in [0.4, 0.5) is 0 Å². The van der Waals surface area contributed by atoms with Gasteiger partial charge in [0.15, 0.2) is 0 Å². The Hall–Kier alpha value is 4.16. The maximum atomic E-state index is 8.62. The Bertz CT molecular complexity index is 100.0. The zero-order chi connectivity index (χ0) is 13.5. The molecule has 4 radical (unpaired) electrons. The van der Waals surface area contributed by atoms with Crippen molar-refractivity contribution in [1.82, 2.24) is 0 Å². The third kappa shape index (κ3) is 521. The molecule has 0 aromatic carbocycles. The van der Waals surface area contributed by atoms with Crippen LogP contribution in [0.15, 0.2) is 0 Å². The maximum absolute atomic E-state index is 8.62. The summed E-state index contributed by atoms with van der Waals surface area (Å²) in [6.07, 6.45) is 0. The number of hydrogen-bond acceptors (Lipinski definition) is 12. The minimum absolute atomic E-state index is 0. The van der Waals surface area contributed by atoms with Gasteiger partial charge < -0.3 is 0 Å². The van der Waals surface area contributed by atoms with Crippen LogP contribution in [-0.2, 0) is 132 Å². The molecule has 0 aliphatic rings. The van der Waals surface area contributed by atoms with Crippen LogP contribution in [-0.4, -0.2) is 0 Å². The van der Waals surface area contributed by atoms with Gasteiger partial charge in [0.05, 0.1) is 0 Å². The van der Waals surface area contributed by atoms with Crippen molar-refractivity contribution in [3.63, 3.8) is 0 Å². The standard InChI is InChI=1S/12O.4Ru.3Ti/q12*-1;4*+3;;;. The summed E-state index contributed by atoms with van der Waals surface area (Å²) in [5, 5.41) is 0. The summed E-state index contributed by atoms with van der Waals surface area (Å²) in [5.74, 6) is 0. The number of rotatable bonds is 0. The van der Waals surface area contributed by atoms with Gasteiger partial charge in [0.1, 0.15) is 0 Å². The summed E-state index contributed by atoms with van der Waals surface area (Å²) in [5.41, 5.74) is 0. The maximum Gasteiger partial charge on any atom is 3.00 e. The van der Waals surface area contributed by atoms with Crippen LogP contribution < -0.4 is 44.3 Å². The van der Waals surface area contributed by atoms with Crippen molar-refractivity contribution in [3.8, 4) is 0 Å². The topological polar surface area (TPSA) is 277 Å². The van der Waals surface area contributed by atoms with Gasteiger partial charge in [-0.05, 0) is 0 Å². The second-order valence-corrected chi connectivity index (χ2v) is 6.18. The normalized spacial score (nSPS) is 9.47. The fraction of sp³-hybridized carbons (Fsp3) is 0. The first-order chi connectivity index (χ1) is 6.00. The molecule has 0 aliphatic carbocycles. The molecule has 116 valence electrons. The molecule has 19 heteroatoms. The van der Waals surface area contributed by atoms with Gasteiger partial charge in [-0.15, -0.1) is 0 Å². The van der Waals surface area contributed by atoms with E-state index in [1.807, 2.05) is 0 Å². The van der Waals surface area contributed by atoms with Crippen molar-refractivity contribution < 1.29 is 177 Å².